The molecule has 0 fully saturated rings. The van der Waals surface area contributed by atoms with E-state index in [1.165, 1.54) is 7.11 Å². The van der Waals surface area contributed by atoms with Gasteiger partial charge in [0.15, 0.2) is 0 Å². The second-order valence-corrected chi connectivity index (χ2v) is 3.99. The van der Waals surface area contributed by atoms with E-state index < -0.39 is 6.09 Å². The largest absolute Gasteiger partial charge is 0.493 e. The summed E-state index contributed by atoms with van der Waals surface area (Å²) >= 11 is 0. The summed E-state index contributed by atoms with van der Waals surface area (Å²) in [5, 5.41) is 5.96. The van der Waals surface area contributed by atoms with Crippen LogP contribution in [-0.4, -0.2) is 26.0 Å². The van der Waals surface area contributed by atoms with Crippen molar-refractivity contribution in [3.8, 4) is 5.75 Å². The van der Waals surface area contributed by atoms with Crippen molar-refractivity contribution in [1.82, 2.24) is 5.43 Å². The van der Waals surface area contributed by atoms with E-state index in [0.717, 1.165) is 22.1 Å². The molecule has 0 heterocycles. The number of hydrazone groups is 1. The zero-order valence-electron chi connectivity index (χ0n) is 11.4. The molecule has 2 aromatic carbocycles. The van der Waals surface area contributed by atoms with Crippen molar-refractivity contribution < 1.29 is 14.3 Å². The zero-order valence-corrected chi connectivity index (χ0v) is 11.4. The second-order valence-electron chi connectivity index (χ2n) is 3.99. The Morgan fingerprint density at radius 3 is 2.85 bits per heavy atom. The maximum atomic E-state index is 11.0. The number of benzene rings is 2. The van der Waals surface area contributed by atoms with Gasteiger partial charge in [0.2, 0.25) is 0 Å². The quantitative estimate of drug-likeness (QED) is 0.687. The molecule has 0 saturated carbocycles. The number of hydrogen-bond acceptors (Lipinski definition) is 4. The van der Waals surface area contributed by atoms with Gasteiger partial charge in [0.1, 0.15) is 5.75 Å². The fourth-order valence-electron chi connectivity index (χ4n) is 1.89. The molecule has 0 aromatic heterocycles. The summed E-state index contributed by atoms with van der Waals surface area (Å²) in [6.45, 7) is 2.48. The Bertz CT molecular complexity index is 638. The van der Waals surface area contributed by atoms with Gasteiger partial charge in [0.05, 0.1) is 19.9 Å². The third-order valence-corrected chi connectivity index (χ3v) is 2.77. The van der Waals surface area contributed by atoms with E-state index >= 15 is 0 Å². The van der Waals surface area contributed by atoms with Crippen LogP contribution in [0.2, 0.25) is 0 Å². The normalized spacial score (nSPS) is 10.7. The highest BCUT2D eigenvalue weighted by Crippen LogP contribution is 2.26. The van der Waals surface area contributed by atoms with E-state index in [2.05, 4.69) is 15.3 Å². The number of methoxy groups -OCH3 is 1. The van der Waals surface area contributed by atoms with Gasteiger partial charge in [0, 0.05) is 5.56 Å². The number of ether oxygens (including phenoxy) is 2. The molecule has 0 aliphatic carbocycles. The lowest BCUT2D eigenvalue weighted by Gasteiger charge is -2.10. The van der Waals surface area contributed by atoms with Crippen LogP contribution in [0.1, 0.15) is 12.5 Å². The van der Waals surface area contributed by atoms with Crippen LogP contribution >= 0.6 is 0 Å². The minimum atomic E-state index is -0.612. The molecular weight excluding hydrogens is 256 g/mol. The Morgan fingerprint density at radius 2 is 2.10 bits per heavy atom. The summed E-state index contributed by atoms with van der Waals surface area (Å²) in [5.41, 5.74) is 3.09. The lowest BCUT2D eigenvalue weighted by Crippen LogP contribution is -2.16. The van der Waals surface area contributed by atoms with E-state index in [9.17, 15) is 4.79 Å². The molecule has 2 rings (SSSR count). The van der Waals surface area contributed by atoms with Gasteiger partial charge in [-0.2, -0.15) is 5.10 Å². The Hall–Kier alpha value is -2.56. The fraction of sp³-hybridized carbons (Fsp3) is 0.200. The van der Waals surface area contributed by atoms with Gasteiger partial charge in [-0.15, -0.1) is 0 Å². The molecule has 20 heavy (non-hydrogen) atoms. The van der Waals surface area contributed by atoms with Crippen LogP contribution in [-0.2, 0) is 4.74 Å². The summed E-state index contributed by atoms with van der Waals surface area (Å²) in [5.74, 6) is 0.724. The van der Waals surface area contributed by atoms with Crippen LogP contribution in [0.3, 0.4) is 0 Å². The van der Waals surface area contributed by atoms with Crippen molar-refractivity contribution in [3.05, 3.63) is 42.0 Å². The van der Waals surface area contributed by atoms with Crippen LogP contribution in [0.4, 0.5) is 4.79 Å². The number of hydrogen-bond donors (Lipinski definition) is 1. The summed E-state index contributed by atoms with van der Waals surface area (Å²) < 4.78 is 10.1. The monoisotopic (exact) mass is 272 g/mol. The molecule has 104 valence electrons. The molecule has 2 aromatic rings. The number of rotatable bonds is 4. The first-order valence-corrected chi connectivity index (χ1v) is 6.27. The van der Waals surface area contributed by atoms with Crippen molar-refractivity contribution in [2.45, 2.75) is 6.92 Å². The maximum absolute atomic E-state index is 11.0. The van der Waals surface area contributed by atoms with E-state index in [4.69, 9.17) is 4.74 Å². The number of carbonyl (C=O) groups is 1. The lowest BCUT2D eigenvalue weighted by molar-refractivity contribution is 0.171. The molecule has 0 saturated heterocycles. The molecule has 0 unspecified atom stereocenters. The first-order chi connectivity index (χ1) is 9.76. The van der Waals surface area contributed by atoms with Crippen LogP contribution in [0.5, 0.6) is 5.75 Å². The third kappa shape index (κ3) is 3.06. The Kier molecular flexibility index (Phi) is 4.55. The van der Waals surface area contributed by atoms with Crippen molar-refractivity contribution in [1.29, 1.82) is 0 Å². The first-order valence-electron chi connectivity index (χ1n) is 6.27. The number of carbonyl (C=O) groups excluding carboxylic acids is 1. The third-order valence-electron chi connectivity index (χ3n) is 2.77. The predicted octanol–water partition coefficient (Wildman–Crippen LogP) is 2.93. The summed E-state index contributed by atoms with van der Waals surface area (Å²) in [6, 6.07) is 11.8. The molecule has 5 nitrogen and oxygen atoms in total. The van der Waals surface area contributed by atoms with E-state index in [-0.39, 0.29) is 0 Å². The number of nitrogens with zero attached hydrogens (tertiary/aromatic N) is 1. The standard InChI is InChI=1S/C15H16N2O3/c1-3-20-14-9-8-11-6-4-5-7-12(11)13(14)10-16-17-15(18)19-2/h4-10H,3H2,1-2H3,(H,17,18)/b16-10-. The van der Waals surface area contributed by atoms with Gasteiger partial charge < -0.3 is 9.47 Å². The van der Waals surface area contributed by atoms with Crippen LogP contribution in [0.25, 0.3) is 10.8 Å². The van der Waals surface area contributed by atoms with Crippen molar-refractivity contribution in [3.63, 3.8) is 0 Å². The van der Waals surface area contributed by atoms with Crippen molar-refractivity contribution in [2.75, 3.05) is 13.7 Å². The van der Waals surface area contributed by atoms with Gasteiger partial charge in [-0.05, 0) is 23.8 Å². The van der Waals surface area contributed by atoms with Gasteiger partial charge in [-0.3, -0.25) is 0 Å². The minimum absolute atomic E-state index is 0.559. The lowest BCUT2D eigenvalue weighted by atomic mass is 10.0. The molecule has 1 N–H and O–H groups in total. The van der Waals surface area contributed by atoms with Crippen molar-refractivity contribution in [2.24, 2.45) is 5.10 Å². The average Bonchev–Trinajstić information content (AvgIpc) is 2.49. The zero-order chi connectivity index (χ0) is 14.4. The summed E-state index contributed by atoms with van der Waals surface area (Å²) in [4.78, 5) is 11.0. The van der Waals surface area contributed by atoms with Crippen molar-refractivity contribution >= 4 is 23.1 Å². The molecule has 5 heteroatoms. The highest BCUT2D eigenvalue weighted by Gasteiger charge is 2.06. The summed E-state index contributed by atoms with van der Waals surface area (Å²) in [6.07, 6.45) is 0.948. The van der Waals surface area contributed by atoms with Crippen LogP contribution in [0.15, 0.2) is 41.5 Å². The SMILES string of the molecule is CCOc1ccc2ccccc2c1/C=N\NC(=O)OC. The van der Waals surface area contributed by atoms with Gasteiger partial charge in [-0.25, -0.2) is 10.2 Å². The maximum Gasteiger partial charge on any atom is 0.427 e. The molecule has 1 amide bonds. The van der Waals surface area contributed by atoms with Crippen LogP contribution in [0, 0.1) is 0 Å². The highest BCUT2D eigenvalue weighted by molar-refractivity contribution is 6.02. The fourth-order valence-corrected chi connectivity index (χ4v) is 1.89. The Morgan fingerprint density at radius 1 is 1.30 bits per heavy atom. The van der Waals surface area contributed by atoms with E-state index in [0.29, 0.717) is 6.61 Å². The molecule has 0 bridgehead atoms. The molecule has 0 aliphatic rings. The smallest absolute Gasteiger partial charge is 0.427 e. The summed E-state index contributed by atoms with van der Waals surface area (Å²) in [7, 11) is 1.29. The second kappa shape index (κ2) is 6.56. The predicted molar refractivity (Wildman–Crippen MR) is 78.3 cm³/mol. The molecule has 0 radical (unpaired) electrons. The minimum Gasteiger partial charge on any atom is -0.493 e. The number of amides is 1. The highest BCUT2D eigenvalue weighted by atomic mass is 16.5. The Labute approximate surface area is 117 Å². The van der Waals surface area contributed by atoms with Gasteiger partial charge in [-0.1, -0.05) is 30.3 Å². The van der Waals surface area contributed by atoms with E-state index in [1.807, 2.05) is 43.3 Å². The molecular formula is C15H16N2O3. The average molecular weight is 272 g/mol. The molecule has 0 spiro atoms. The van der Waals surface area contributed by atoms with Crippen LogP contribution < -0.4 is 10.2 Å². The first kappa shape index (κ1) is 13.9. The number of fused-ring (bicyclic) bond motifs is 1. The topological polar surface area (TPSA) is 59.9 Å². The Balaban J connectivity index is 2.41. The molecule has 0 atom stereocenters. The van der Waals surface area contributed by atoms with E-state index in [1.54, 1.807) is 6.21 Å². The number of nitrogens with one attached hydrogen (secondary N) is 1. The molecule has 0 aliphatic heterocycles. The van der Waals surface area contributed by atoms with Gasteiger partial charge >= 0.3 is 6.09 Å². The van der Waals surface area contributed by atoms with Gasteiger partial charge in [0.25, 0.3) is 0 Å².